The van der Waals surface area contributed by atoms with Crippen LogP contribution in [0, 0.1) is 6.92 Å². The van der Waals surface area contributed by atoms with Crippen LogP contribution in [0.25, 0.3) is 44.2 Å². The third kappa shape index (κ3) is 4.64. The Morgan fingerprint density at radius 1 is 0.927 bits per heavy atom. The number of rotatable bonds is 7. The van der Waals surface area contributed by atoms with Crippen LogP contribution in [0.2, 0.25) is 0 Å². The third-order valence-electron chi connectivity index (χ3n) is 8.00. The van der Waals surface area contributed by atoms with E-state index in [0.717, 1.165) is 63.7 Å². The van der Waals surface area contributed by atoms with Crippen molar-refractivity contribution in [2.24, 2.45) is 0 Å². The lowest BCUT2D eigenvalue weighted by molar-refractivity contribution is -0.0333. The van der Waals surface area contributed by atoms with E-state index >= 15 is 0 Å². The highest BCUT2D eigenvalue weighted by Gasteiger charge is 2.26. The predicted octanol–water partition coefficient (Wildman–Crippen LogP) is 6.23. The smallest absolute Gasteiger partial charge is 0.269 e. The molecule has 1 N–H and O–H groups in total. The van der Waals surface area contributed by atoms with E-state index in [9.17, 15) is 8.42 Å². The van der Waals surface area contributed by atoms with Crippen molar-refractivity contribution in [2.75, 3.05) is 20.2 Å². The average molecular weight is 563 g/mol. The molecule has 1 fully saturated rings. The number of pyridine rings is 1. The van der Waals surface area contributed by atoms with Gasteiger partial charge < -0.3 is 9.72 Å². The van der Waals surface area contributed by atoms with Crippen molar-refractivity contribution in [3.05, 3.63) is 109 Å². The molecule has 0 spiro atoms. The molecule has 1 aliphatic rings. The van der Waals surface area contributed by atoms with Crippen LogP contribution in [0.3, 0.4) is 0 Å². The zero-order valence-electron chi connectivity index (χ0n) is 22.9. The van der Waals surface area contributed by atoms with E-state index in [2.05, 4.69) is 40.2 Å². The van der Waals surface area contributed by atoms with Crippen molar-refractivity contribution in [1.29, 1.82) is 0 Å². The van der Waals surface area contributed by atoms with Crippen molar-refractivity contribution in [3.63, 3.8) is 0 Å². The number of hydrogen-bond donors (Lipinski definition) is 1. The zero-order chi connectivity index (χ0) is 28.1. The van der Waals surface area contributed by atoms with Gasteiger partial charge in [0.05, 0.1) is 11.0 Å². The molecule has 6 aromatic rings. The lowest BCUT2D eigenvalue weighted by Crippen LogP contribution is -2.50. The van der Waals surface area contributed by atoms with E-state index in [1.807, 2.05) is 49.5 Å². The summed E-state index contributed by atoms with van der Waals surface area (Å²) in [5, 5.41) is 1.84. The summed E-state index contributed by atoms with van der Waals surface area (Å²) in [6.45, 7) is 4.74. The first kappa shape index (κ1) is 25.7. The van der Waals surface area contributed by atoms with Gasteiger partial charge in [-0.15, -0.1) is 0 Å². The number of aryl methyl sites for hydroxylation is 1. The molecule has 0 radical (unpaired) electrons. The van der Waals surface area contributed by atoms with Crippen LogP contribution in [-0.2, 0) is 21.3 Å². The first-order valence-corrected chi connectivity index (χ1v) is 15.1. The maximum atomic E-state index is 13.8. The van der Waals surface area contributed by atoms with Gasteiger partial charge in [0.2, 0.25) is 0 Å². The molecular formula is C33H30N4O3S. The third-order valence-corrected chi connectivity index (χ3v) is 9.67. The summed E-state index contributed by atoms with van der Waals surface area (Å²) in [5.74, 6) is 0. The molecule has 41 heavy (non-hydrogen) atoms. The van der Waals surface area contributed by atoms with Gasteiger partial charge in [0.15, 0.2) is 5.65 Å². The van der Waals surface area contributed by atoms with Crippen LogP contribution in [0.15, 0.2) is 102 Å². The number of H-pyrrole nitrogens is 1. The van der Waals surface area contributed by atoms with Crippen molar-refractivity contribution in [2.45, 2.75) is 24.5 Å². The molecule has 0 amide bonds. The molecule has 206 valence electrons. The number of aromatic nitrogens is 3. The fourth-order valence-electron chi connectivity index (χ4n) is 5.56. The highest BCUT2D eigenvalue weighted by molar-refractivity contribution is 7.90. The largest absolute Gasteiger partial charge is 0.379 e. The first-order valence-electron chi connectivity index (χ1n) is 13.6. The van der Waals surface area contributed by atoms with E-state index in [4.69, 9.17) is 9.72 Å². The number of likely N-dealkylation sites (tertiary alicyclic amines) is 1. The normalized spacial score (nSPS) is 14.6. The summed E-state index contributed by atoms with van der Waals surface area (Å²) >= 11 is 0. The minimum absolute atomic E-state index is 0.230. The van der Waals surface area contributed by atoms with Gasteiger partial charge in [0, 0.05) is 67.4 Å². The minimum atomic E-state index is -3.86. The molecule has 0 bridgehead atoms. The van der Waals surface area contributed by atoms with Gasteiger partial charge in [-0.3, -0.25) is 4.90 Å². The molecule has 7 rings (SSSR count). The lowest BCUT2D eigenvalue weighted by atomic mass is 10.0. The molecule has 4 heterocycles. The molecule has 0 saturated carbocycles. The number of nitrogens with one attached hydrogen (secondary N) is 1. The number of hydrogen-bond acceptors (Lipinski definition) is 5. The van der Waals surface area contributed by atoms with E-state index in [1.165, 1.54) is 9.54 Å². The van der Waals surface area contributed by atoms with Crippen LogP contribution in [0.1, 0.15) is 11.1 Å². The number of methoxy groups -OCH3 is 1. The second-order valence-electron chi connectivity index (χ2n) is 10.8. The fourth-order valence-corrected chi connectivity index (χ4v) is 6.88. The molecule has 1 saturated heterocycles. The van der Waals surface area contributed by atoms with Crippen molar-refractivity contribution < 1.29 is 13.2 Å². The summed E-state index contributed by atoms with van der Waals surface area (Å²) in [7, 11) is -2.10. The van der Waals surface area contributed by atoms with Crippen molar-refractivity contribution in [3.8, 4) is 22.3 Å². The Bertz CT molecular complexity index is 1980. The number of ether oxygens (including phenoxy) is 1. The fraction of sp³-hybridized carbons (Fsp3) is 0.182. The quantitative estimate of drug-likeness (QED) is 0.250. The number of aromatic amines is 1. The molecule has 0 atom stereocenters. The topological polar surface area (TPSA) is 80.2 Å². The molecule has 3 aromatic carbocycles. The van der Waals surface area contributed by atoms with Crippen molar-refractivity contribution in [1.82, 2.24) is 18.8 Å². The van der Waals surface area contributed by atoms with Crippen LogP contribution in [-0.4, -0.2) is 53.6 Å². The lowest BCUT2D eigenvalue weighted by Gasteiger charge is -2.38. The van der Waals surface area contributed by atoms with Gasteiger partial charge in [-0.25, -0.2) is 17.4 Å². The maximum Gasteiger partial charge on any atom is 0.269 e. The molecule has 0 aliphatic carbocycles. The number of nitrogens with zero attached hydrogens (tertiary/aromatic N) is 3. The van der Waals surface area contributed by atoms with Gasteiger partial charge in [-0.05, 0) is 65.4 Å². The van der Waals surface area contributed by atoms with E-state index in [0.29, 0.717) is 11.8 Å². The monoisotopic (exact) mass is 562 g/mol. The molecule has 7 nitrogen and oxygen atoms in total. The second kappa shape index (κ2) is 9.99. The standard InChI is InChI=1S/C33H30N4O3S/c1-22-3-10-29(11-4-22)41(38,39)37-21-31(25-9-12-32-26(15-25)13-14-34-32)30-16-27(17-35-33(30)37)24-7-5-23(6-8-24)18-36-19-28(20-36)40-2/h3-17,21,28,34H,18-20H2,1-2H3. The van der Waals surface area contributed by atoms with E-state index in [-0.39, 0.29) is 4.90 Å². The molecular weight excluding hydrogens is 532 g/mol. The Balaban J connectivity index is 1.31. The van der Waals surface area contributed by atoms with E-state index in [1.54, 1.807) is 31.6 Å². The highest BCUT2D eigenvalue weighted by atomic mass is 32.2. The van der Waals surface area contributed by atoms with Gasteiger partial charge in [0.1, 0.15) is 0 Å². The van der Waals surface area contributed by atoms with Crippen LogP contribution in [0.5, 0.6) is 0 Å². The summed E-state index contributed by atoms with van der Waals surface area (Å²) in [5.41, 5.74) is 7.38. The number of benzene rings is 3. The summed E-state index contributed by atoms with van der Waals surface area (Å²) in [6, 6.07) is 25.6. The molecule has 3 aromatic heterocycles. The SMILES string of the molecule is COC1CN(Cc2ccc(-c3cnc4c(c3)c(-c3ccc5[nH]ccc5c3)cn4S(=O)(=O)c3ccc(C)cc3)cc2)C1. The van der Waals surface area contributed by atoms with Gasteiger partial charge >= 0.3 is 0 Å². The van der Waals surface area contributed by atoms with Gasteiger partial charge in [0.25, 0.3) is 10.0 Å². The maximum absolute atomic E-state index is 13.8. The second-order valence-corrected chi connectivity index (χ2v) is 12.6. The van der Waals surface area contributed by atoms with Crippen LogP contribution >= 0.6 is 0 Å². The zero-order valence-corrected chi connectivity index (χ0v) is 23.7. The Morgan fingerprint density at radius 2 is 1.68 bits per heavy atom. The van der Waals surface area contributed by atoms with Gasteiger partial charge in [-0.2, -0.15) is 0 Å². The Labute approximate surface area is 239 Å². The molecule has 1 aliphatic heterocycles. The minimum Gasteiger partial charge on any atom is -0.379 e. The van der Waals surface area contributed by atoms with E-state index < -0.39 is 10.0 Å². The Kier molecular flexibility index (Phi) is 6.27. The predicted molar refractivity (Wildman–Crippen MR) is 162 cm³/mol. The Morgan fingerprint density at radius 3 is 2.44 bits per heavy atom. The molecule has 0 unspecified atom stereocenters. The average Bonchev–Trinajstić information content (AvgIpc) is 3.60. The van der Waals surface area contributed by atoms with Crippen molar-refractivity contribution >= 4 is 32.0 Å². The molecule has 8 heteroatoms. The highest BCUT2D eigenvalue weighted by Crippen LogP contribution is 2.36. The Hall–Kier alpha value is -4.24. The van der Waals surface area contributed by atoms with Crippen LogP contribution < -0.4 is 0 Å². The van der Waals surface area contributed by atoms with Crippen LogP contribution in [0.4, 0.5) is 0 Å². The summed E-state index contributed by atoms with van der Waals surface area (Å²) < 4.78 is 34.4. The summed E-state index contributed by atoms with van der Waals surface area (Å²) in [6.07, 6.45) is 5.70. The van der Waals surface area contributed by atoms with Gasteiger partial charge in [-0.1, -0.05) is 48.0 Å². The first-order chi connectivity index (χ1) is 19.9. The number of fused-ring (bicyclic) bond motifs is 2. The summed E-state index contributed by atoms with van der Waals surface area (Å²) in [4.78, 5) is 10.6.